The number of hydrogen-bond acceptors (Lipinski definition) is 10. The number of nitrogens with one attached hydrogen (secondary N) is 1. The summed E-state index contributed by atoms with van der Waals surface area (Å²) in [6.07, 6.45) is 16.1. The van der Waals surface area contributed by atoms with Gasteiger partial charge in [0.25, 0.3) is 0 Å². The second kappa shape index (κ2) is 13.4. The summed E-state index contributed by atoms with van der Waals surface area (Å²) >= 11 is 0. The molecule has 2 aliphatic heterocycles. The molecule has 2 saturated heterocycles. The number of likely N-dealkylation sites (tertiary alicyclic amines) is 1. The summed E-state index contributed by atoms with van der Waals surface area (Å²) in [7, 11) is 0. The Morgan fingerprint density at radius 1 is 0.875 bits per heavy atom. The van der Waals surface area contributed by atoms with Gasteiger partial charge < -0.3 is 29.3 Å². The molecular formula is C30H41N7O3. The SMILES string of the molecule is c1cnc2c(OC3CCC(Nc4ncc(OCCCN5CCCCC5)cn4)CC3)cc(N3CCOCC3)cc2n1. The van der Waals surface area contributed by atoms with E-state index in [-0.39, 0.29) is 6.10 Å². The van der Waals surface area contributed by atoms with E-state index in [1.165, 1.54) is 32.4 Å². The summed E-state index contributed by atoms with van der Waals surface area (Å²) in [4.78, 5) is 23.0. The van der Waals surface area contributed by atoms with Gasteiger partial charge in [0.05, 0.1) is 43.8 Å². The number of anilines is 2. The average Bonchev–Trinajstić information content (AvgIpc) is 3.02. The van der Waals surface area contributed by atoms with E-state index in [1.54, 1.807) is 24.8 Å². The van der Waals surface area contributed by atoms with Gasteiger partial charge in [-0.15, -0.1) is 0 Å². The first-order chi connectivity index (χ1) is 19.8. The first kappa shape index (κ1) is 27.0. The molecule has 0 unspecified atom stereocenters. The number of benzene rings is 1. The average molecular weight is 548 g/mol. The van der Waals surface area contributed by atoms with E-state index in [9.17, 15) is 0 Å². The minimum atomic E-state index is 0.143. The Hall–Kier alpha value is -3.24. The van der Waals surface area contributed by atoms with Crippen LogP contribution in [0.25, 0.3) is 11.0 Å². The predicted molar refractivity (Wildman–Crippen MR) is 155 cm³/mol. The van der Waals surface area contributed by atoms with Crippen LogP contribution >= 0.6 is 0 Å². The number of hydrogen-bond donors (Lipinski definition) is 1. The molecule has 0 amide bonds. The molecule has 10 heteroatoms. The minimum Gasteiger partial charge on any atom is -0.490 e. The van der Waals surface area contributed by atoms with Crippen molar-refractivity contribution in [2.75, 3.05) is 62.8 Å². The molecule has 3 fully saturated rings. The lowest BCUT2D eigenvalue weighted by molar-refractivity contribution is 0.122. The Kier molecular flexibility index (Phi) is 9.04. The van der Waals surface area contributed by atoms with Crippen LogP contribution in [0.4, 0.5) is 11.6 Å². The van der Waals surface area contributed by atoms with Gasteiger partial charge in [0, 0.05) is 49.8 Å². The van der Waals surface area contributed by atoms with E-state index in [2.05, 4.69) is 47.2 Å². The molecule has 2 aromatic heterocycles. The third-order valence-electron chi connectivity index (χ3n) is 8.17. The largest absolute Gasteiger partial charge is 0.490 e. The number of piperidine rings is 1. The fraction of sp³-hybridized carbons (Fsp3) is 0.600. The maximum atomic E-state index is 6.56. The maximum absolute atomic E-state index is 6.56. The highest BCUT2D eigenvalue weighted by atomic mass is 16.5. The van der Waals surface area contributed by atoms with E-state index in [1.807, 2.05) is 0 Å². The van der Waals surface area contributed by atoms with E-state index in [0.717, 1.165) is 93.2 Å². The molecule has 3 aliphatic rings. The molecule has 0 radical (unpaired) electrons. The van der Waals surface area contributed by atoms with Crippen LogP contribution in [0.5, 0.6) is 11.5 Å². The van der Waals surface area contributed by atoms with Crippen LogP contribution in [0.3, 0.4) is 0 Å². The van der Waals surface area contributed by atoms with Gasteiger partial charge in [0.15, 0.2) is 5.75 Å². The number of rotatable bonds is 10. The van der Waals surface area contributed by atoms with Crippen molar-refractivity contribution in [3.8, 4) is 11.5 Å². The van der Waals surface area contributed by atoms with Crippen LogP contribution in [0.1, 0.15) is 51.4 Å². The summed E-state index contributed by atoms with van der Waals surface area (Å²) < 4.78 is 18.0. The molecular weight excluding hydrogens is 506 g/mol. The molecule has 1 N–H and O–H groups in total. The molecule has 1 aliphatic carbocycles. The van der Waals surface area contributed by atoms with Gasteiger partial charge >= 0.3 is 0 Å². The lowest BCUT2D eigenvalue weighted by Crippen LogP contribution is -2.36. The minimum absolute atomic E-state index is 0.143. The lowest BCUT2D eigenvalue weighted by atomic mass is 9.93. The molecule has 1 aromatic carbocycles. The zero-order chi connectivity index (χ0) is 27.0. The highest BCUT2D eigenvalue weighted by Crippen LogP contribution is 2.33. The molecule has 0 spiro atoms. The van der Waals surface area contributed by atoms with Crippen LogP contribution in [-0.4, -0.2) is 89.5 Å². The smallest absolute Gasteiger partial charge is 0.223 e. The van der Waals surface area contributed by atoms with Crippen molar-refractivity contribution >= 4 is 22.7 Å². The predicted octanol–water partition coefficient (Wildman–Crippen LogP) is 4.31. The van der Waals surface area contributed by atoms with E-state index in [4.69, 9.17) is 14.2 Å². The zero-order valence-electron chi connectivity index (χ0n) is 23.3. The highest BCUT2D eigenvalue weighted by Gasteiger charge is 2.25. The number of aromatic nitrogens is 4. The number of fused-ring (bicyclic) bond motifs is 1. The van der Waals surface area contributed by atoms with Crippen molar-refractivity contribution in [1.82, 2.24) is 24.8 Å². The van der Waals surface area contributed by atoms with Crippen LogP contribution in [-0.2, 0) is 4.74 Å². The molecule has 214 valence electrons. The summed E-state index contributed by atoms with van der Waals surface area (Å²) in [5.41, 5.74) is 2.80. The first-order valence-corrected chi connectivity index (χ1v) is 15.0. The summed E-state index contributed by atoms with van der Waals surface area (Å²) in [5, 5.41) is 3.50. The van der Waals surface area contributed by atoms with Gasteiger partial charge in [-0.2, -0.15) is 0 Å². The Morgan fingerprint density at radius 3 is 2.45 bits per heavy atom. The van der Waals surface area contributed by atoms with Gasteiger partial charge in [-0.3, -0.25) is 4.98 Å². The van der Waals surface area contributed by atoms with Crippen molar-refractivity contribution in [2.45, 2.75) is 63.5 Å². The van der Waals surface area contributed by atoms with Crippen LogP contribution in [0.15, 0.2) is 36.9 Å². The Labute approximate surface area is 236 Å². The Bertz CT molecular complexity index is 1210. The molecule has 4 heterocycles. The molecule has 0 bridgehead atoms. The third-order valence-corrected chi connectivity index (χ3v) is 8.17. The van der Waals surface area contributed by atoms with Gasteiger partial charge in [-0.1, -0.05) is 6.42 Å². The summed E-state index contributed by atoms with van der Waals surface area (Å²) in [6.45, 7) is 7.49. The van der Waals surface area contributed by atoms with Crippen molar-refractivity contribution in [1.29, 1.82) is 0 Å². The Balaban J connectivity index is 0.973. The third kappa shape index (κ3) is 7.09. The summed E-state index contributed by atoms with van der Waals surface area (Å²) in [6, 6.07) is 4.55. The van der Waals surface area contributed by atoms with Gasteiger partial charge in [-0.25, -0.2) is 15.0 Å². The van der Waals surface area contributed by atoms with Crippen molar-refractivity contribution < 1.29 is 14.2 Å². The quantitative estimate of drug-likeness (QED) is 0.370. The molecule has 1 saturated carbocycles. The lowest BCUT2D eigenvalue weighted by Gasteiger charge is -2.31. The van der Waals surface area contributed by atoms with E-state index < -0.39 is 0 Å². The number of ether oxygens (including phenoxy) is 3. The second-order valence-electron chi connectivity index (χ2n) is 11.0. The maximum Gasteiger partial charge on any atom is 0.223 e. The number of nitrogens with zero attached hydrogens (tertiary/aromatic N) is 6. The van der Waals surface area contributed by atoms with Crippen LogP contribution in [0, 0.1) is 0 Å². The fourth-order valence-corrected chi connectivity index (χ4v) is 5.94. The standard InChI is InChI=1S/C30H41N7O3/c1-2-11-36(12-3-1)13-4-16-39-26-21-33-30(34-22-26)35-23-5-7-25(8-6-23)40-28-20-24(37-14-17-38-18-15-37)19-27-29(28)32-10-9-31-27/h9-10,19-23,25H,1-8,11-18H2,(H,33,34,35). The van der Waals surface area contributed by atoms with Crippen molar-refractivity contribution in [2.24, 2.45) is 0 Å². The van der Waals surface area contributed by atoms with Crippen LogP contribution < -0.4 is 19.7 Å². The van der Waals surface area contributed by atoms with Gasteiger partial charge in [0.2, 0.25) is 5.95 Å². The fourth-order valence-electron chi connectivity index (χ4n) is 5.94. The monoisotopic (exact) mass is 547 g/mol. The molecule has 40 heavy (non-hydrogen) atoms. The Morgan fingerprint density at radius 2 is 1.65 bits per heavy atom. The van der Waals surface area contributed by atoms with Gasteiger partial charge in [0.1, 0.15) is 11.3 Å². The second-order valence-corrected chi connectivity index (χ2v) is 11.0. The normalized spacial score (nSPS) is 22.2. The molecule has 0 atom stereocenters. The summed E-state index contributed by atoms with van der Waals surface area (Å²) in [5.74, 6) is 2.21. The molecule has 10 nitrogen and oxygen atoms in total. The van der Waals surface area contributed by atoms with E-state index >= 15 is 0 Å². The van der Waals surface area contributed by atoms with E-state index in [0.29, 0.717) is 18.6 Å². The van der Waals surface area contributed by atoms with Crippen molar-refractivity contribution in [3.63, 3.8) is 0 Å². The number of morpholine rings is 1. The molecule has 3 aromatic rings. The topological polar surface area (TPSA) is 97.8 Å². The highest BCUT2D eigenvalue weighted by molar-refractivity contribution is 5.85. The van der Waals surface area contributed by atoms with Crippen LogP contribution in [0.2, 0.25) is 0 Å². The van der Waals surface area contributed by atoms with Crippen molar-refractivity contribution in [3.05, 3.63) is 36.9 Å². The zero-order valence-corrected chi connectivity index (χ0v) is 23.3. The van der Waals surface area contributed by atoms with Gasteiger partial charge in [-0.05, 0) is 64.1 Å². The first-order valence-electron chi connectivity index (χ1n) is 15.0. The molecule has 6 rings (SSSR count).